The topological polar surface area (TPSA) is 108 Å². The van der Waals surface area contributed by atoms with Crippen molar-refractivity contribution in [2.24, 2.45) is 13.0 Å². The minimum atomic E-state index is -0.444. The third kappa shape index (κ3) is 3.87. The van der Waals surface area contributed by atoms with Crippen LogP contribution in [0.15, 0.2) is 15.9 Å². The SMILES string of the molecule is CCOC(=O)C(CC)CCCn1c(=O)c2c(ncn2CCO)n(C)c1=O. The first-order valence-corrected chi connectivity index (χ1v) is 8.88. The highest BCUT2D eigenvalue weighted by atomic mass is 16.5. The molecule has 2 heterocycles. The number of fused-ring (bicyclic) bond motifs is 1. The van der Waals surface area contributed by atoms with Gasteiger partial charge in [0, 0.05) is 20.1 Å². The summed E-state index contributed by atoms with van der Waals surface area (Å²) in [5, 5.41) is 9.14. The highest BCUT2D eigenvalue weighted by Crippen LogP contribution is 2.14. The molecule has 0 aliphatic rings. The van der Waals surface area contributed by atoms with Crippen molar-refractivity contribution in [3.05, 3.63) is 27.2 Å². The standard InChI is InChI=1S/C17H26N4O5/c1-4-12(16(24)26-5-2)7-6-8-21-15(23)13-14(19(3)17(21)25)18-11-20(13)9-10-22/h11-12,22H,4-10H2,1-3H3. The van der Waals surface area contributed by atoms with E-state index in [2.05, 4.69) is 4.98 Å². The van der Waals surface area contributed by atoms with Gasteiger partial charge in [-0.05, 0) is 26.2 Å². The smallest absolute Gasteiger partial charge is 0.332 e. The molecule has 0 aliphatic carbocycles. The molecule has 26 heavy (non-hydrogen) atoms. The van der Waals surface area contributed by atoms with E-state index >= 15 is 0 Å². The van der Waals surface area contributed by atoms with Crippen molar-refractivity contribution in [3.8, 4) is 0 Å². The molecule has 1 atom stereocenters. The number of imidazole rings is 1. The van der Waals surface area contributed by atoms with E-state index in [0.29, 0.717) is 37.0 Å². The summed E-state index contributed by atoms with van der Waals surface area (Å²) in [7, 11) is 1.56. The van der Waals surface area contributed by atoms with E-state index in [9.17, 15) is 14.4 Å². The predicted molar refractivity (Wildman–Crippen MR) is 96.0 cm³/mol. The summed E-state index contributed by atoms with van der Waals surface area (Å²) >= 11 is 0. The Kier molecular flexibility index (Phi) is 6.73. The maximum atomic E-state index is 12.8. The molecule has 0 aliphatic heterocycles. The highest BCUT2D eigenvalue weighted by molar-refractivity contribution is 5.72. The molecule has 2 aromatic rings. The third-order valence-corrected chi connectivity index (χ3v) is 4.49. The molecule has 0 saturated heterocycles. The van der Waals surface area contributed by atoms with Crippen molar-refractivity contribution < 1.29 is 14.6 Å². The van der Waals surface area contributed by atoms with Gasteiger partial charge in [0.05, 0.1) is 25.5 Å². The molecule has 144 valence electrons. The number of carbonyl (C=O) groups excluding carboxylic acids is 1. The van der Waals surface area contributed by atoms with Crippen molar-refractivity contribution in [1.82, 2.24) is 18.7 Å². The summed E-state index contributed by atoms with van der Waals surface area (Å²) in [5.41, 5.74) is -0.291. The lowest BCUT2D eigenvalue weighted by molar-refractivity contribution is -0.148. The lowest BCUT2D eigenvalue weighted by Gasteiger charge is -2.14. The van der Waals surface area contributed by atoms with Crippen LogP contribution in [0.5, 0.6) is 0 Å². The van der Waals surface area contributed by atoms with Gasteiger partial charge in [0.2, 0.25) is 0 Å². The minimum Gasteiger partial charge on any atom is -0.466 e. The Morgan fingerprint density at radius 1 is 1.31 bits per heavy atom. The predicted octanol–water partition coefficient (Wildman–Crippen LogP) is 0.259. The van der Waals surface area contributed by atoms with Crippen LogP contribution < -0.4 is 11.2 Å². The summed E-state index contributed by atoms with van der Waals surface area (Å²) in [6.45, 7) is 4.31. The van der Waals surface area contributed by atoms with Crippen LogP contribution >= 0.6 is 0 Å². The molecular weight excluding hydrogens is 340 g/mol. The lowest BCUT2D eigenvalue weighted by Crippen LogP contribution is -2.40. The Morgan fingerprint density at radius 3 is 2.65 bits per heavy atom. The molecular formula is C17H26N4O5. The fourth-order valence-corrected chi connectivity index (χ4v) is 3.04. The number of hydrogen-bond donors (Lipinski definition) is 1. The van der Waals surface area contributed by atoms with E-state index in [4.69, 9.17) is 9.84 Å². The summed E-state index contributed by atoms with van der Waals surface area (Å²) < 4.78 is 9.08. The Hall–Kier alpha value is -2.42. The number of aryl methyl sites for hydroxylation is 1. The van der Waals surface area contributed by atoms with Gasteiger partial charge in [0.25, 0.3) is 5.56 Å². The Labute approximate surface area is 150 Å². The Balaban J connectivity index is 2.27. The Bertz CT molecular complexity index is 880. The van der Waals surface area contributed by atoms with Gasteiger partial charge in [-0.15, -0.1) is 0 Å². The second kappa shape index (κ2) is 8.79. The Morgan fingerprint density at radius 2 is 2.04 bits per heavy atom. The van der Waals surface area contributed by atoms with Gasteiger partial charge in [0.1, 0.15) is 0 Å². The van der Waals surface area contributed by atoms with Gasteiger partial charge in [0.15, 0.2) is 11.2 Å². The largest absolute Gasteiger partial charge is 0.466 e. The number of hydrogen-bond acceptors (Lipinski definition) is 6. The van der Waals surface area contributed by atoms with Crippen LogP contribution in [-0.4, -0.2) is 43.0 Å². The maximum Gasteiger partial charge on any atom is 0.332 e. The van der Waals surface area contributed by atoms with Gasteiger partial charge in [-0.2, -0.15) is 0 Å². The maximum absolute atomic E-state index is 12.8. The zero-order chi connectivity index (χ0) is 19.3. The van der Waals surface area contributed by atoms with Crippen molar-refractivity contribution in [2.75, 3.05) is 13.2 Å². The van der Waals surface area contributed by atoms with E-state index in [1.807, 2.05) is 6.92 Å². The van der Waals surface area contributed by atoms with Gasteiger partial charge in [-0.1, -0.05) is 6.92 Å². The van der Waals surface area contributed by atoms with E-state index in [1.54, 1.807) is 18.5 Å². The number of nitrogens with zero attached hydrogens (tertiary/aromatic N) is 4. The van der Waals surface area contributed by atoms with Crippen LogP contribution in [0.1, 0.15) is 33.1 Å². The first-order valence-electron chi connectivity index (χ1n) is 8.88. The number of aliphatic hydroxyl groups excluding tert-OH is 1. The fourth-order valence-electron chi connectivity index (χ4n) is 3.04. The number of aromatic nitrogens is 4. The molecule has 2 aromatic heterocycles. The normalized spacial score (nSPS) is 12.5. The highest BCUT2D eigenvalue weighted by Gasteiger charge is 2.19. The average Bonchev–Trinajstić information content (AvgIpc) is 3.04. The zero-order valence-corrected chi connectivity index (χ0v) is 15.5. The van der Waals surface area contributed by atoms with Crippen LogP contribution in [-0.2, 0) is 29.7 Å². The first-order chi connectivity index (χ1) is 12.5. The molecule has 2 rings (SSSR count). The van der Waals surface area contributed by atoms with Crippen molar-refractivity contribution in [3.63, 3.8) is 0 Å². The second-order valence-corrected chi connectivity index (χ2v) is 6.13. The summed E-state index contributed by atoms with van der Waals surface area (Å²) in [6.07, 6.45) is 3.14. The zero-order valence-electron chi connectivity index (χ0n) is 15.5. The van der Waals surface area contributed by atoms with Crippen molar-refractivity contribution in [1.29, 1.82) is 0 Å². The average molecular weight is 366 g/mol. The molecule has 9 heteroatoms. The first kappa shape index (κ1) is 19.9. The monoisotopic (exact) mass is 366 g/mol. The number of esters is 1. The van der Waals surface area contributed by atoms with Gasteiger partial charge < -0.3 is 14.4 Å². The molecule has 0 radical (unpaired) electrons. The second-order valence-electron chi connectivity index (χ2n) is 6.13. The molecule has 1 N–H and O–H groups in total. The summed E-state index contributed by atoms with van der Waals surface area (Å²) in [5.74, 6) is -0.482. The number of aliphatic hydroxyl groups is 1. The third-order valence-electron chi connectivity index (χ3n) is 4.49. The molecule has 0 bridgehead atoms. The molecule has 0 saturated carbocycles. The number of rotatable bonds is 9. The van der Waals surface area contributed by atoms with Gasteiger partial charge >= 0.3 is 11.7 Å². The van der Waals surface area contributed by atoms with Crippen LogP contribution in [0.4, 0.5) is 0 Å². The molecule has 0 fully saturated rings. The van der Waals surface area contributed by atoms with E-state index in [1.165, 1.54) is 10.9 Å². The number of ether oxygens (including phenoxy) is 1. The number of carbonyl (C=O) groups is 1. The summed E-state index contributed by atoms with van der Waals surface area (Å²) in [6, 6.07) is 0. The van der Waals surface area contributed by atoms with Crippen molar-refractivity contribution in [2.45, 2.75) is 46.2 Å². The molecule has 0 aromatic carbocycles. The lowest BCUT2D eigenvalue weighted by atomic mass is 10.0. The van der Waals surface area contributed by atoms with Gasteiger partial charge in [-0.25, -0.2) is 9.78 Å². The molecule has 1 unspecified atom stereocenters. The fraction of sp³-hybridized carbons (Fsp3) is 0.647. The molecule has 0 spiro atoms. The van der Waals surface area contributed by atoms with Crippen LogP contribution in [0.2, 0.25) is 0 Å². The van der Waals surface area contributed by atoms with E-state index < -0.39 is 11.2 Å². The molecule has 9 nitrogen and oxygen atoms in total. The van der Waals surface area contributed by atoms with Crippen LogP contribution in [0.25, 0.3) is 11.2 Å². The van der Waals surface area contributed by atoms with Crippen molar-refractivity contribution >= 4 is 17.1 Å². The van der Waals surface area contributed by atoms with E-state index in [0.717, 1.165) is 4.57 Å². The molecule has 0 amide bonds. The van der Waals surface area contributed by atoms with Crippen LogP contribution in [0, 0.1) is 5.92 Å². The van der Waals surface area contributed by atoms with Crippen LogP contribution in [0.3, 0.4) is 0 Å². The quantitative estimate of drug-likeness (QED) is 0.638. The minimum absolute atomic E-state index is 0.133. The van der Waals surface area contributed by atoms with Gasteiger partial charge in [-0.3, -0.25) is 18.7 Å². The van der Waals surface area contributed by atoms with E-state index in [-0.39, 0.29) is 31.6 Å². The summed E-state index contributed by atoms with van der Waals surface area (Å²) in [4.78, 5) is 41.2.